The molecule has 166 valence electrons. The summed E-state index contributed by atoms with van der Waals surface area (Å²) in [6.45, 7) is 4.31. The lowest BCUT2D eigenvalue weighted by Crippen LogP contribution is -2.31. The summed E-state index contributed by atoms with van der Waals surface area (Å²) in [4.78, 5) is 46.7. The van der Waals surface area contributed by atoms with E-state index in [9.17, 15) is 24.5 Å². The number of benzene rings is 1. The summed E-state index contributed by atoms with van der Waals surface area (Å²) in [5.74, 6) is -0.747. The first kappa shape index (κ1) is 22.4. The van der Waals surface area contributed by atoms with E-state index in [0.29, 0.717) is 22.8 Å². The van der Waals surface area contributed by atoms with Crippen LogP contribution in [0, 0.1) is 30.9 Å². The molecular weight excluding hydrogens is 420 g/mol. The quantitative estimate of drug-likeness (QED) is 0.243. The highest BCUT2D eigenvalue weighted by atomic mass is 16.6. The molecule has 0 spiro atoms. The van der Waals surface area contributed by atoms with Gasteiger partial charge in [0.05, 0.1) is 4.92 Å². The molecule has 0 radical (unpaired) electrons. The normalized spacial score (nSPS) is 10.6. The molecule has 0 fully saturated rings. The van der Waals surface area contributed by atoms with Crippen LogP contribution in [0.15, 0.2) is 40.9 Å². The molecular formula is C21H20N4O7. The molecule has 1 aromatic carbocycles. The lowest BCUT2D eigenvalue weighted by Gasteiger charge is -2.07. The van der Waals surface area contributed by atoms with E-state index in [1.165, 1.54) is 18.2 Å². The molecule has 0 saturated carbocycles. The number of hydrogen-bond donors (Lipinski definition) is 1. The molecule has 11 nitrogen and oxygen atoms in total. The van der Waals surface area contributed by atoms with E-state index in [1.807, 2.05) is 6.92 Å². The van der Waals surface area contributed by atoms with Crippen molar-refractivity contribution in [3.63, 3.8) is 0 Å². The summed E-state index contributed by atoms with van der Waals surface area (Å²) in [6, 6.07) is 8.48. The minimum atomic E-state index is -0.821. The fourth-order valence-corrected chi connectivity index (χ4v) is 3.15. The molecule has 0 saturated heterocycles. The summed E-state index contributed by atoms with van der Waals surface area (Å²) >= 11 is 0. The van der Waals surface area contributed by atoms with E-state index < -0.39 is 35.7 Å². The van der Waals surface area contributed by atoms with Crippen molar-refractivity contribution < 1.29 is 28.6 Å². The molecule has 0 aliphatic rings. The molecule has 0 unspecified atom stereocenters. The van der Waals surface area contributed by atoms with Crippen LogP contribution in [0.5, 0.6) is 0 Å². The number of hydrogen-bond acceptors (Lipinski definition) is 8. The number of non-ortho nitro benzene ring substituents is 1. The van der Waals surface area contributed by atoms with Gasteiger partial charge in [-0.2, -0.15) is 0 Å². The van der Waals surface area contributed by atoms with Crippen molar-refractivity contribution in [3.8, 4) is 5.82 Å². The smallest absolute Gasteiger partial charge is 0.325 e. The number of nitro benzene ring substituents is 1. The second-order valence-electron chi connectivity index (χ2n) is 6.99. The van der Waals surface area contributed by atoms with Crippen molar-refractivity contribution in [2.24, 2.45) is 0 Å². The van der Waals surface area contributed by atoms with Gasteiger partial charge in [0.2, 0.25) is 5.78 Å². The van der Waals surface area contributed by atoms with E-state index in [0.717, 1.165) is 11.8 Å². The summed E-state index contributed by atoms with van der Waals surface area (Å²) in [5.41, 5.74) is 1.53. The maximum Gasteiger partial charge on any atom is 0.325 e. The van der Waals surface area contributed by atoms with Gasteiger partial charge in [0.1, 0.15) is 12.3 Å². The molecule has 11 heteroatoms. The van der Waals surface area contributed by atoms with Gasteiger partial charge in [0.15, 0.2) is 12.4 Å². The maximum atomic E-state index is 12.5. The van der Waals surface area contributed by atoms with Crippen molar-refractivity contribution in [3.05, 3.63) is 74.8 Å². The molecule has 2 aromatic heterocycles. The van der Waals surface area contributed by atoms with Crippen LogP contribution in [-0.4, -0.2) is 45.5 Å². The summed E-state index contributed by atoms with van der Waals surface area (Å²) in [5, 5.41) is 17.0. The Kier molecular flexibility index (Phi) is 6.47. The van der Waals surface area contributed by atoms with Crippen LogP contribution in [0.3, 0.4) is 0 Å². The summed E-state index contributed by atoms with van der Waals surface area (Å²) in [6.07, 6.45) is 0. The average molecular weight is 440 g/mol. The molecule has 3 rings (SSSR count). The van der Waals surface area contributed by atoms with Crippen LogP contribution in [0.1, 0.15) is 37.9 Å². The van der Waals surface area contributed by atoms with Gasteiger partial charge in [-0.25, -0.2) is 0 Å². The first-order chi connectivity index (χ1) is 15.2. The van der Waals surface area contributed by atoms with Crippen LogP contribution in [0.2, 0.25) is 0 Å². The molecule has 32 heavy (non-hydrogen) atoms. The van der Waals surface area contributed by atoms with Crippen LogP contribution in [0.4, 0.5) is 5.69 Å². The van der Waals surface area contributed by atoms with Gasteiger partial charge < -0.3 is 14.6 Å². The number of ketones is 1. The molecule has 0 atom stereocenters. The second kappa shape index (κ2) is 9.25. The Morgan fingerprint density at radius 3 is 2.59 bits per heavy atom. The zero-order chi connectivity index (χ0) is 23.4. The van der Waals surface area contributed by atoms with Crippen LogP contribution < -0.4 is 5.32 Å². The number of esters is 1. The average Bonchev–Trinajstić information content (AvgIpc) is 3.32. The van der Waals surface area contributed by atoms with E-state index in [2.05, 4.69) is 10.5 Å². The lowest BCUT2D eigenvalue weighted by atomic mass is 10.1. The number of aromatic nitrogens is 2. The van der Waals surface area contributed by atoms with Gasteiger partial charge in [-0.1, -0.05) is 11.2 Å². The van der Waals surface area contributed by atoms with E-state index in [1.54, 1.807) is 30.5 Å². The van der Waals surface area contributed by atoms with Crippen molar-refractivity contribution in [2.75, 3.05) is 13.2 Å². The van der Waals surface area contributed by atoms with Crippen LogP contribution in [-0.2, 0) is 9.53 Å². The molecule has 0 aliphatic carbocycles. The van der Waals surface area contributed by atoms with Gasteiger partial charge in [-0.15, -0.1) is 0 Å². The minimum absolute atomic E-state index is 0.0265. The summed E-state index contributed by atoms with van der Waals surface area (Å²) in [7, 11) is 0. The standard InChI is InChI=1S/C21H20N4O7/c1-12-7-17(14(3)24(12)19-8-13(2)32-23-19)18(26)11-31-20(27)10-22-21(28)15-5-4-6-16(9-15)25(29)30/h4-9H,10-11H2,1-3H3,(H,22,28). The zero-order valence-electron chi connectivity index (χ0n) is 17.6. The maximum absolute atomic E-state index is 12.5. The third-order valence-electron chi connectivity index (χ3n) is 4.65. The van der Waals surface area contributed by atoms with Gasteiger partial charge >= 0.3 is 5.97 Å². The lowest BCUT2D eigenvalue weighted by molar-refractivity contribution is -0.384. The number of nitrogens with zero attached hydrogens (tertiary/aromatic N) is 3. The second-order valence-corrected chi connectivity index (χ2v) is 6.99. The SMILES string of the molecule is Cc1cc(-n2c(C)cc(C(=O)COC(=O)CNC(=O)c3cccc([N+](=O)[O-])c3)c2C)no1. The van der Waals surface area contributed by atoms with Gasteiger partial charge in [-0.3, -0.25) is 29.1 Å². The zero-order valence-corrected chi connectivity index (χ0v) is 17.6. The van der Waals surface area contributed by atoms with E-state index >= 15 is 0 Å². The highest BCUT2D eigenvalue weighted by Crippen LogP contribution is 2.21. The predicted octanol–water partition coefficient (Wildman–Crippen LogP) is 2.45. The van der Waals surface area contributed by atoms with Crippen molar-refractivity contribution in [1.29, 1.82) is 0 Å². The first-order valence-electron chi connectivity index (χ1n) is 9.51. The first-order valence-corrected chi connectivity index (χ1v) is 9.51. The predicted molar refractivity (Wildman–Crippen MR) is 111 cm³/mol. The number of carbonyl (C=O) groups excluding carboxylic acids is 3. The third-order valence-corrected chi connectivity index (χ3v) is 4.65. The number of carbonyl (C=O) groups is 3. The summed E-state index contributed by atoms with van der Waals surface area (Å²) < 4.78 is 11.8. The van der Waals surface area contributed by atoms with Crippen molar-refractivity contribution in [1.82, 2.24) is 15.0 Å². The number of ether oxygens (including phenoxy) is 1. The fourth-order valence-electron chi connectivity index (χ4n) is 3.15. The molecule has 2 heterocycles. The Morgan fingerprint density at radius 1 is 1.19 bits per heavy atom. The number of rotatable bonds is 8. The molecule has 3 aromatic rings. The Labute approximate surface area is 182 Å². The molecule has 0 bridgehead atoms. The van der Waals surface area contributed by atoms with E-state index in [4.69, 9.17) is 9.26 Å². The third kappa shape index (κ3) is 4.89. The topological polar surface area (TPSA) is 147 Å². The highest BCUT2D eigenvalue weighted by molar-refractivity contribution is 6.00. The Bertz CT molecular complexity index is 1210. The van der Waals surface area contributed by atoms with E-state index in [-0.39, 0.29) is 11.3 Å². The molecule has 1 amide bonds. The molecule has 1 N–H and O–H groups in total. The van der Waals surface area contributed by atoms with Gasteiger partial charge in [-0.05, 0) is 32.9 Å². The minimum Gasteiger partial charge on any atom is -0.456 e. The van der Waals surface area contributed by atoms with Crippen molar-refractivity contribution >= 4 is 23.3 Å². The number of aryl methyl sites for hydroxylation is 2. The number of amides is 1. The monoisotopic (exact) mass is 440 g/mol. The largest absolute Gasteiger partial charge is 0.456 e. The fraction of sp³-hybridized carbons (Fsp3) is 0.238. The van der Waals surface area contributed by atoms with Crippen molar-refractivity contribution in [2.45, 2.75) is 20.8 Å². The Hall–Kier alpha value is -4.28. The number of Topliss-reactive ketones (excluding diaryl/α,β-unsaturated/α-hetero) is 1. The Balaban J connectivity index is 1.56. The van der Waals surface area contributed by atoms with Crippen LogP contribution in [0.25, 0.3) is 5.82 Å². The van der Waals surface area contributed by atoms with Crippen LogP contribution >= 0.6 is 0 Å². The molecule has 0 aliphatic heterocycles. The Morgan fingerprint density at radius 2 is 1.94 bits per heavy atom. The number of nitrogens with one attached hydrogen (secondary N) is 1. The number of nitro groups is 1. The van der Waals surface area contributed by atoms with Gasteiger partial charge in [0.25, 0.3) is 11.6 Å². The highest BCUT2D eigenvalue weighted by Gasteiger charge is 2.20. The van der Waals surface area contributed by atoms with Gasteiger partial charge in [0, 0.05) is 40.7 Å².